The van der Waals surface area contributed by atoms with Crippen LogP contribution in [-0.2, 0) is 0 Å². The van der Waals surface area contributed by atoms with Gasteiger partial charge in [-0.2, -0.15) is 0 Å². The summed E-state index contributed by atoms with van der Waals surface area (Å²) in [6.07, 6.45) is 5.15. The summed E-state index contributed by atoms with van der Waals surface area (Å²) in [5.41, 5.74) is 1.66. The Morgan fingerprint density at radius 1 is 1.45 bits per heavy atom. The molecule has 64 valence electrons. The van der Waals surface area contributed by atoms with Gasteiger partial charge in [-0.15, -0.1) is 0 Å². The lowest BCUT2D eigenvalue weighted by Crippen LogP contribution is -2.35. The topological polar surface area (TPSA) is 0 Å². The number of quaternary nitrogens is 1. The Labute approximate surface area is 70.3 Å². The fourth-order valence-electron chi connectivity index (χ4n) is 1.72. The third-order valence-electron chi connectivity index (χ3n) is 2.12. The van der Waals surface area contributed by atoms with Crippen molar-refractivity contribution in [2.75, 3.05) is 27.7 Å². The molecule has 1 rings (SSSR count). The molecule has 0 N–H and O–H groups in total. The molecule has 0 radical (unpaired) electrons. The first-order valence-electron chi connectivity index (χ1n) is 4.47. The minimum atomic E-state index is 0.830. The summed E-state index contributed by atoms with van der Waals surface area (Å²) in [6.45, 7) is 3.53. The van der Waals surface area contributed by atoms with E-state index in [1.54, 1.807) is 5.57 Å². The monoisotopic (exact) mass is 154 g/mol. The van der Waals surface area contributed by atoms with Gasteiger partial charge in [-0.25, -0.2) is 0 Å². The van der Waals surface area contributed by atoms with Gasteiger partial charge in [-0.3, -0.25) is 0 Å². The van der Waals surface area contributed by atoms with Crippen molar-refractivity contribution in [3.63, 3.8) is 0 Å². The van der Waals surface area contributed by atoms with Crippen LogP contribution in [0, 0.1) is 5.92 Å². The zero-order chi connectivity index (χ0) is 8.48. The quantitative estimate of drug-likeness (QED) is 0.422. The molecule has 0 spiro atoms. The average molecular weight is 154 g/mol. The lowest BCUT2D eigenvalue weighted by Gasteiger charge is -2.24. The van der Waals surface area contributed by atoms with Gasteiger partial charge in [0.25, 0.3) is 0 Å². The summed E-state index contributed by atoms with van der Waals surface area (Å²) >= 11 is 0. The van der Waals surface area contributed by atoms with Crippen molar-refractivity contribution in [1.29, 1.82) is 0 Å². The third-order valence-corrected chi connectivity index (χ3v) is 2.12. The van der Waals surface area contributed by atoms with Crippen LogP contribution < -0.4 is 0 Å². The van der Waals surface area contributed by atoms with Crippen LogP contribution in [0.1, 0.15) is 19.8 Å². The first-order chi connectivity index (χ1) is 4.97. The highest BCUT2D eigenvalue weighted by Gasteiger charge is 2.16. The second-order valence-corrected chi connectivity index (χ2v) is 4.79. The highest BCUT2D eigenvalue weighted by molar-refractivity contribution is 5.10. The zero-order valence-corrected chi connectivity index (χ0v) is 8.22. The summed E-state index contributed by atoms with van der Waals surface area (Å²) in [4.78, 5) is 0. The minimum Gasteiger partial charge on any atom is -0.327 e. The van der Waals surface area contributed by atoms with E-state index in [1.807, 2.05) is 0 Å². The first kappa shape index (κ1) is 8.79. The lowest BCUT2D eigenvalue weighted by molar-refractivity contribution is -0.865. The highest BCUT2D eigenvalue weighted by atomic mass is 15.3. The smallest absolute Gasteiger partial charge is 0.0997 e. The molecule has 1 aliphatic rings. The van der Waals surface area contributed by atoms with Crippen LogP contribution >= 0.6 is 0 Å². The van der Waals surface area contributed by atoms with Crippen molar-refractivity contribution in [3.8, 4) is 0 Å². The van der Waals surface area contributed by atoms with Crippen molar-refractivity contribution < 1.29 is 4.48 Å². The van der Waals surface area contributed by atoms with Crippen molar-refractivity contribution in [2.24, 2.45) is 5.92 Å². The number of hydrogen-bond donors (Lipinski definition) is 0. The molecule has 1 atom stereocenters. The largest absolute Gasteiger partial charge is 0.327 e. The fourth-order valence-corrected chi connectivity index (χ4v) is 1.72. The lowest BCUT2D eigenvalue weighted by atomic mass is 10.2. The van der Waals surface area contributed by atoms with E-state index in [2.05, 4.69) is 34.1 Å². The molecule has 0 aliphatic heterocycles. The number of likely N-dealkylation sites (N-methyl/N-ethyl adjacent to an activating group) is 1. The summed E-state index contributed by atoms with van der Waals surface area (Å²) in [6, 6.07) is 0. The van der Waals surface area contributed by atoms with Crippen LogP contribution in [0.3, 0.4) is 0 Å². The molecular formula is C10H20N+. The maximum Gasteiger partial charge on any atom is 0.0997 e. The molecule has 0 saturated carbocycles. The molecule has 1 unspecified atom stereocenters. The molecule has 0 aromatic heterocycles. The van der Waals surface area contributed by atoms with Gasteiger partial charge >= 0.3 is 0 Å². The van der Waals surface area contributed by atoms with Crippen LogP contribution in [0.4, 0.5) is 0 Å². The molecule has 0 saturated heterocycles. The number of allylic oxidation sites excluding steroid dienone is 1. The number of nitrogens with zero attached hydrogens (tertiary/aromatic N) is 1. The van der Waals surface area contributed by atoms with Gasteiger partial charge in [0.05, 0.1) is 27.7 Å². The normalized spacial score (nSPS) is 25.5. The summed E-state index contributed by atoms with van der Waals surface area (Å²) in [5.74, 6) is 0.830. The van der Waals surface area contributed by atoms with E-state index < -0.39 is 0 Å². The maximum atomic E-state index is 2.45. The summed E-state index contributed by atoms with van der Waals surface area (Å²) < 4.78 is 1.07. The van der Waals surface area contributed by atoms with E-state index in [9.17, 15) is 0 Å². The Morgan fingerprint density at radius 3 is 2.45 bits per heavy atom. The molecule has 0 aromatic rings. The molecule has 1 nitrogen and oxygen atoms in total. The SMILES string of the molecule is CC1C=C(C[N+](C)(C)C)CC1. The third kappa shape index (κ3) is 3.06. The molecule has 0 bridgehead atoms. The van der Waals surface area contributed by atoms with Crippen molar-refractivity contribution >= 4 is 0 Å². The Kier molecular flexibility index (Phi) is 2.38. The summed E-state index contributed by atoms with van der Waals surface area (Å²) in [7, 11) is 6.76. The van der Waals surface area contributed by atoms with Gasteiger partial charge in [-0.1, -0.05) is 13.0 Å². The average Bonchev–Trinajstić information content (AvgIpc) is 2.10. The highest BCUT2D eigenvalue weighted by Crippen LogP contribution is 2.24. The van der Waals surface area contributed by atoms with Crippen LogP contribution in [-0.4, -0.2) is 32.2 Å². The molecule has 11 heavy (non-hydrogen) atoms. The van der Waals surface area contributed by atoms with Gasteiger partial charge in [-0.05, 0) is 24.3 Å². The second kappa shape index (κ2) is 2.98. The van der Waals surface area contributed by atoms with Crippen LogP contribution in [0.25, 0.3) is 0 Å². The zero-order valence-electron chi connectivity index (χ0n) is 8.22. The van der Waals surface area contributed by atoms with Crippen LogP contribution in [0.2, 0.25) is 0 Å². The molecule has 1 aliphatic carbocycles. The Morgan fingerprint density at radius 2 is 2.09 bits per heavy atom. The van der Waals surface area contributed by atoms with Gasteiger partial charge in [0.15, 0.2) is 0 Å². The predicted molar refractivity (Wildman–Crippen MR) is 49.4 cm³/mol. The summed E-state index contributed by atoms with van der Waals surface area (Å²) in [5, 5.41) is 0. The van der Waals surface area contributed by atoms with Gasteiger partial charge in [0.2, 0.25) is 0 Å². The molecule has 0 fully saturated rings. The number of hydrogen-bond acceptors (Lipinski definition) is 0. The van der Waals surface area contributed by atoms with Crippen molar-refractivity contribution in [2.45, 2.75) is 19.8 Å². The Hall–Kier alpha value is -0.300. The van der Waals surface area contributed by atoms with Crippen molar-refractivity contribution in [3.05, 3.63) is 11.6 Å². The Balaban J connectivity index is 2.45. The standard InChI is InChI=1S/C10H20N/c1-9-5-6-10(7-9)8-11(2,3)4/h7,9H,5-6,8H2,1-4H3/q+1. The van der Waals surface area contributed by atoms with E-state index in [0.29, 0.717) is 0 Å². The van der Waals surface area contributed by atoms with E-state index >= 15 is 0 Å². The van der Waals surface area contributed by atoms with E-state index in [4.69, 9.17) is 0 Å². The molecule has 1 heteroatoms. The molecule has 0 aromatic carbocycles. The Bertz CT molecular complexity index is 162. The molecule has 0 heterocycles. The minimum absolute atomic E-state index is 0.830. The van der Waals surface area contributed by atoms with E-state index in [0.717, 1.165) is 10.4 Å². The number of rotatable bonds is 2. The first-order valence-corrected chi connectivity index (χ1v) is 4.47. The van der Waals surface area contributed by atoms with Crippen LogP contribution in [0.15, 0.2) is 11.6 Å². The van der Waals surface area contributed by atoms with Gasteiger partial charge < -0.3 is 4.48 Å². The van der Waals surface area contributed by atoms with E-state index in [-0.39, 0.29) is 0 Å². The van der Waals surface area contributed by atoms with Gasteiger partial charge in [0.1, 0.15) is 0 Å². The fraction of sp³-hybridized carbons (Fsp3) is 0.800. The van der Waals surface area contributed by atoms with Crippen LogP contribution in [0.5, 0.6) is 0 Å². The molecular weight excluding hydrogens is 134 g/mol. The van der Waals surface area contributed by atoms with Crippen molar-refractivity contribution in [1.82, 2.24) is 0 Å². The molecule has 0 amide bonds. The van der Waals surface area contributed by atoms with E-state index in [1.165, 1.54) is 19.4 Å². The van der Waals surface area contributed by atoms with Gasteiger partial charge in [0, 0.05) is 0 Å². The second-order valence-electron chi connectivity index (χ2n) is 4.79. The predicted octanol–water partition coefficient (Wildman–Crippen LogP) is 2.05. The maximum absolute atomic E-state index is 2.45.